The minimum absolute atomic E-state index is 0.646. The summed E-state index contributed by atoms with van der Waals surface area (Å²) in [5.41, 5.74) is 8.74. The third-order valence-corrected chi connectivity index (χ3v) is 3.12. The Hall–Kier alpha value is -1.33. The van der Waals surface area contributed by atoms with E-state index in [2.05, 4.69) is 42.6 Å². The minimum Gasteiger partial charge on any atom is -0.330 e. The molecule has 16 heavy (non-hydrogen) atoms. The minimum atomic E-state index is 0.646. The summed E-state index contributed by atoms with van der Waals surface area (Å²) in [5, 5.41) is 0. The van der Waals surface area contributed by atoms with Crippen molar-refractivity contribution in [1.82, 2.24) is 14.4 Å². The summed E-state index contributed by atoms with van der Waals surface area (Å²) < 4.78 is 3.11. The van der Waals surface area contributed by atoms with Crippen LogP contribution in [-0.2, 0) is 6.42 Å². The number of hydrogen-bond donors (Lipinski definition) is 2. The fourth-order valence-electron chi connectivity index (χ4n) is 1.91. The second-order valence-electron chi connectivity index (χ2n) is 3.76. The van der Waals surface area contributed by atoms with Crippen molar-refractivity contribution in [3.8, 4) is 0 Å². The van der Waals surface area contributed by atoms with Gasteiger partial charge in [-0.05, 0) is 24.7 Å². The molecular formula is C11H11BrN4. The van der Waals surface area contributed by atoms with Crippen LogP contribution in [0.2, 0.25) is 0 Å². The van der Waals surface area contributed by atoms with Crippen molar-refractivity contribution < 1.29 is 0 Å². The van der Waals surface area contributed by atoms with E-state index in [0.717, 1.165) is 33.4 Å². The summed E-state index contributed by atoms with van der Waals surface area (Å²) in [6, 6.07) is 6.09. The average Bonchev–Trinajstić information content (AvgIpc) is 2.74. The molecule has 0 bridgehead atoms. The van der Waals surface area contributed by atoms with Crippen molar-refractivity contribution in [2.45, 2.75) is 6.42 Å². The molecule has 0 amide bonds. The van der Waals surface area contributed by atoms with E-state index < -0.39 is 0 Å². The predicted molar refractivity (Wildman–Crippen MR) is 67.5 cm³/mol. The fraction of sp³-hybridized carbons (Fsp3) is 0.182. The fourth-order valence-corrected chi connectivity index (χ4v) is 2.25. The van der Waals surface area contributed by atoms with Gasteiger partial charge in [-0.25, -0.2) is 4.98 Å². The van der Waals surface area contributed by atoms with Crippen LogP contribution in [0.5, 0.6) is 0 Å². The Morgan fingerprint density at radius 1 is 1.44 bits per heavy atom. The average molecular weight is 279 g/mol. The Balaban J connectivity index is 2.26. The summed E-state index contributed by atoms with van der Waals surface area (Å²) in [5.74, 6) is 0.872. The van der Waals surface area contributed by atoms with Gasteiger partial charge in [0, 0.05) is 22.8 Å². The molecule has 4 nitrogen and oxygen atoms in total. The molecule has 3 N–H and O–H groups in total. The van der Waals surface area contributed by atoms with Crippen LogP contribution in [0.3, 0.4) is 0 Å². The lowest BCUT2D eigenvalue weighted by atomic mass is 10.3. The first-order valence-electron chi connectivity index (χ1n) is 5.13. The Morgan fingerprint density at radius 3 is 3.12 bits per heavy atom. The van der Waals surface area contributed by atoms with Gasteiger partial charge in [0.1, 0.15) is 0 Å². The number of halogens is 1. The zero-order chi connectivity index (χ0) is 11.1. The molecule has 0 aliphatic heterocycles. The molecule has 0 radical (unpaired) electrons. The molecule has 82 valence electrons. The molecule has 0 atom stereocenters. The highest BCUT2D eigenvalue weighted by atomic mass is 79.9. The lowest BCUT2D eigenvalue weighted by Gasteiger charge is -1.92. The Labute approximate surface area is 101 Å². The molecule has 0 fully saturated rings. The number of nitrogens with zero attached hydrogens (tertiary/aromatic N) is 2. The third kappa shape index (κ3) is 1.44. The number of aromatic amines is 1. The molecule has 0 aliphatic carbocycles. The van der Waals surface area contributed by atoms with Gasteiger partial charge < -0.3 is 10.7 Å². The summed E-state index contributed by atoms with van der Waals surface area (Å²) in [4.78, 5) is 7.78. The molecule has 5 heteroatoms. The number of nitrogens with two attached hydrogens (primary N) is 1. The maximum absolute atomic E-state index is 5.53. The lowest BCUT2D eigenvalue weighted by Crippen LogP contribution is -2.02. The molecule has 2 aromatic heterocycles. The van der Waals surface area contributed by atoms with E-state index in [1.165, 1.54) is 0 Å². The van der Waals surface area contributed by atoms with E-state index in [-0.39, 0.29) is 0 Å². The van der Waals surface area contributed by atoms with E-state index in [9.17, 15) is 0 Å². The summed E-state index contributed by atoms with van der Waals surface area (Å²) in [6.45, 7) is 0.646. The van der Waals surface area contributed by atoms with Gasteiger partial charge in [-0.2, -0.15) is 0 Å². The Bertz CT molecular complexity index is 652. The summed E-state index contributed by atoms with van der Waals surface area (Å²) >= 11 is 3.44. The number of imidazole rings is 2. The maximum Gasteiger partial charge on any atom is 0.212 e. The van der Waals surface area contributed by atoms with Crippen LogP contribution < -0.4 is 5.73 Å². The number of fused-ring (bicyclic) bond motifs is 3. The first-order chi connectivity index (χ1) is 7.78. The topological polar surface area (TPSA) is 59.1 Å². The molecule has 0 saturated heterocycles. The highest BCUT2D eigenvalue weighted by Crippen LogP contribution is 2.21. The first-order valence-corrected chi connectivity index (χ1v) is 5.92. The van der Waals surface area contributed by atoms with E-state index in [0.29, 0.717) is 6.54 Å². The van der Waals surface area contributed by atoms with E-state index >= 15 is 0 Å². The van der Waals surface area contributed by atoms with Gasteiger partial charge in [0.2, 0.25) is 5.78 Å². The van der Waals surface area contributed by atoms with Crippen molar-refractivity contribution in [2.75, 3.05) is 6.54 Å². The number of nitrogens with one attached hydrogen (secondary N) is 1. The van der Waals surface area contributed by atoms with Crippen molar-refractivity contribution in [3.05, 3.63) is 34.6 Å². The normalized spacial score (nSPS) is 11.6. The molecule has 0 saturated carbocycles. The van der Waals surface area contributed by atoms with Crippen molar-refractivity contribution in [3.63, 3.8) is 0 Å². The van der Waals surface area contributed by atoms with Gasteiger partial charge in [0.15, 0.2) is 0 Å². The Kier molecular flexibility index (Phi) is 2.22. The van der Waals surface area contributed by atoms with Crippen LogP contribution in [-0.4, -0.2) is 20.9 Å². The molecule has 2 heterocycles. The van der Waals surface area contributed by atoms with Gasteiger partial charge >= 0.3 is 0 Å². The zero-order valence-electron chi connectivity index (χ0n) is 8.57. The highest BCUT2D eigenvalue weighted by Gasteiger charge is 2.07. The van der Waals surface area contributed by atoms with Crippen LogP contribution in [0.25, 0.3) is 16.8 Å². The quantitative estimate of drug-likeness (QED) is 0.754. The van der Waals surface area contributed by atoms with Crippen molar-refractivity contribution in [1.29, 1.82) is 0 Å². The molecule has 0 spiro atoms. The van der Waals surface area contributed by atoms with Crippen molar-refractivity contribution >= 4 is 32.7 Å². The molecular weight excluding hydrogens is 268 g/mol. The first kappa shape index (κ1) is 9.86. The van der Waals surface area contributed by atoms with E-state index in [4.69, 9.17) is 5.73 Å². The van der Waals surface area contributed by atoms with Gasteiger partial charge in [0.25, 0.3) is 0 Å². The number of aromatic nitrogens is 3. The largest absolute Gasteiger partial charge is 0.330 e. The molecule has 3 aromatic rings. The van der Waals surface area contributed by atoms with E-state index in [1.54, 1.807) is 0 Å². The van der Waals surface area contributed by atoms with E-state index in [1.807, 2.05) is 12.1 Å². The van der Waals surface area contributed by atoms with Crippen LogP contribution in [0.1, 0.15) is 5.69 Å². The maximum atomic E-state index is 5.53. The smallest absolute Gasteiger partial charge is 0.212 e. The summed E-state index contributed by atoms with van der Waals surface area (Å²) in [7, 11) is 0. The predicted octanol–water partition coefficient (Wildman–Crippen LogP) is 2.08. The second-order valence-corrected chi connectivity index (χ2v) is 4.67. The number of hydrogen-bond acceptors (Lipinski definition) is 2. The van der Waals surface area contributed by atoms with Crippen LogP contribution in [0, 0.1) is 0 Å². The van der Waals surface area contributed by atoms with Crippen LogP contribution >= 0.6 is 15.9 Å². The van der Waals surface area contributed by atoms with Crippen molar-refractivity contribution in [2.24, 2.45) is 5.73 Å². The SMILES string of the molecule is NCCc1cn2c(nc3cc(Br)ccc32)[nH]1. The Morgan fingerprint density at radius 2 is 2.31 bits per heavy atom. The number of H-pyrrole nitrogens is 1. The number of rotatable bonds is 2. The lowest BCUT2D eigenvalue weighted by molar-refractivity contribution is 0.936. The molecule has 1 aromatic carbocycles. The van der Waals surface area contributed by atoms with Gasteiger partial charge in [-0.3, -0.25) is 4.40 Å². The molecule has 3 rings (SSSR count). The molecule has 0 aliphatic rings. The van der Waals surface area contributed by atoms with Crippen LogP contribution in [0.15, 0.2) is 28.9 Å². The monoisotopic (exact) mass is 278 g/mol. The zero-order valence-corrected chi connectivity index (χ0v) is 10.2. The van der Waals surface area contributed by atoms with Gasteiger partial charge in [-0.1, -0.05) is 15.9 Å². The number of benzene rings is 1. The summed E-state index contributed by atoms with van der Waals surface area (Å²) in [6.07, 6.45) is 2.91. The standard InChI is InChI=1S/C11H11BrN4/c12-7-1-2-10-9(5-7)15-11-14-8(3-4-13)6-16(10)11/h1-2,5-6H,3-4,13H2,(H,14,15). The van der Waals surface area contributed by atoms with Crippen LogP contribution in [0.4, 0.5) is 0 Å². The third-order valence-electron chi connectivity index (χ3n) is 2.62. The highest BCUT2D eigenvalue weighted by molar-refractivity contribution is 9.10. The second kappa shape index (κ2) is 3.61. The van der Waals surface area contributed by atoms with Gasteiger partial charge in [-0.15, -0.1) is 0 Å². The molecule has 0 unspecified atom stereocenters. The van der Waals surface area contributed by atoms with Gasteiger partial charge in [0.05, 0.1) is 11.0 Å².